The van der Waals surface area contributed by atoms with Crippen LogP contribution in [0.5, 0.6) is 0 Å². The van der Waals surface area contributed by atoms with Crippen molar-refractivity contribution in [1.29, 1.82) is 0 Å². The van der Waals surface area contributed by atoms with Gasteiger partial charge in [-0.25, -0.2) is 0 Å². The van der Waals surface area contributed by atoms with Gasteiger partial charge in [0.25, 0.3) is 0 Å². The van der Waals surface area contributed by atoms with E-state index in [0.717, 1.165) is 23.3 Å². The van der Waals surface area contributed by atoms with Crippen molar-refractivity contribution >= 4 is 11.6 Å². The third kappa shape index (κ3) is 3.73. The number of likely N-dealkylation sites (N-methyl/N-ethyl adjacent to an activating group) is 1. The summed E-state index contributed by atoms with van der Waals surface area (Å²) < 4.78 is 0. The Hall–Kier alpha value is -0.530. The van der Waals surface area contributed by atoms with Gasteiger partial charge in [0.15, 0.2) is 0 Å². The summed E-state index contributed by atoms with van der Waals surface area (Å²) in [5.41, 5.74) is 1.35. The van der Waals surface area contributed by atoms with E-state index in [9.17, 15) is 0 Å². The van der Waals surface area contributed by atoms with Crippen molar-refractivity contribution in [3.63, 3.8) is 0 Å². The molecule has 1 aromatic rings. The van der Waals surface area contributed by atoms with Crippen LogP contribution in [0.25, 0.3) is 0 Å². The predicted octanol–water partition coefficient (Wildman–Crippen LogP) is 4.30. The van der Waals surface area contributed by atoms with Crippen LogP contribution in [0.2, 0.25) is 5.02 Å². The fourth-order valence-corrected chi connectivity index (χ4v) is 3.48. The van der Waals surface area contributed by atoms with Crippen molar-refractivity contribution in [3.05, 3.63) is 34.9 Å². The molecule has 1 N–H and O–H groups in total. The normalized spacial score (nSPS) is 25.9. The van der Waals surface area contributed by atoms with E-state index in [1.807, 2.05) is 12.1 Å². The minimum absolute atomic E-state index is 0.589. The summed E-state index contributed by atoms with van der Waals surface area (Å²) in [5.74, 6) is 1.71. The van der Waals surface area contributed by atoms with E-state index < -0.39 is 0 Å². The quantitative estimate of drug-likeness (QED) is 0.856. The van der Waals surface area contributed by atoms with Crippen LogP contribution in [0.4, 0.5) is 0 Å². The van der Waals surface area contributed by atoms with E-state index in [0.29, 0.717) is 6.04 Å². The van der Waals surface area contributed by atoms with Crippen molar-refractivity contribution in [2.45, 2.75) is 45.1 Å². The van der Waals surface area contributed by atoms with Gasteiger partial charge >= 0.3 is 0 Å². The van der Waals surface area contributed by atoms with Gasteiger partial charge < -0.3 is 5.32 Å². The summed E-state index contributed by atoms with van der Waals surface area (Å²) in [7, 11) is 2.09. The molecule has 1 fully saturated rings. The topological polar surface area (TPSA) is 12.0 Å². The van der Waals surface area contributed by atoms with Crippen molar-refractivity contribution in [2.75, 3.05) is 7.05 Å². The van der Waals surface area contributed by atoms with Gasteiger partial charge in [0.05, 0.1) is 0 Å². The molecule has 1 aliphatic carbocycles. The minimum Gasteiger partial charge on any atom is -0.316 e. The molecule has 0 radical (unpaired) electrons. The second-order valence-corrected chi connectivity index (χ2v) is 6.20. The van der Waals surface area contributed by atoms with Crippen molar-refractivity contribution < 1.29 is 0 Å². The maximum absolute atomic E-state index is 6.06. The van der Waals surface area contributed by atoms with Crippen LogP contribution in [0.15, 0.2) is 24.3 Å². The lowest BCUT2D eigenvalue weighted by atomic mass is 9.77. The highest BCUT2D eigenvalue weighted by Crippen LogP contribution is 2.32. The lowest BCUT2D eigenvalue weighted by Gasteiger charge is -2.33. The maximum atomic E-state index is 6.06. The highest BCUT2D eigenvalue weighted by Gasteiger charge is 2.25. The largest absolute Gasteiger partial charge is 0.316 e. The molecule has 0 aromatic heterocycles. The molecule has 3 atom stereocenters. The summed E-state index contributed by atoms with van der Waals surface area (Å²) in [6.07, 6.45) is 6.63. The summed E-state index contributed by atoms with van der Waals surface area (Å²) in [5, 5.41) is 4.36. The van der Waals surface area contributed by atoms with Crippen LogP contribution in [0.1, 0.15) is 38.2 Å². The first-order valence-electron chi connectivity index (χ1n) is 7.10. The van der Waals surface area contributed by atoms with Crippen LogP contribution in [-0.4, -0.2) is 13.1 Å². The second kappa shape index (κ2) is 6.58. The van der Waals surface area contributed by atoms with Gasteiger partial charge in [-0.05, 0) is 55.8 Å². The summed E-state index contributed by atoms with van der Waals surface area (Å²) in [6.45, 7) is 2.39. The molecule has 0 amide bonds. The zero-order valence-electron chi connectivity index (χ0n) is 11.5. The highest BCUT2D eigenvalue weighted by atomic mass is 35.5. The molecular weight excluding hydrogens is 242 g/mol. The molecule has 3 unspecified atom stereocenters. The van der Waals surface area contributed by atoms with E-state index in [1.165, 1.54) is 31.2 Å². The number of nitrogens with one attached hydrogen (secondary N) is 1. The molecule has 1 saturated carbocycles. The molecule has 0 aliphatic heterocycles. The molecule has 0 spiro atoms. The number of halogens is 1. The molecule has 2 heteroatoms. The minimum atomic E-state index is 0.589. The Kier molecular flexibility index (Phi) is 5.08. The molecule has 0 heterocycles. The van der Waals surface area contributed by atoms with Crippen molar-refractivity contribution in [1.82, 2.24) is 5.32 Å². The zero-order valence-corrected chi connectivity index (χ0v) is 12.2. The summed E-state index contributed by atoms with van der Waals surface area (Å²) in [4.78, 5) is 0. The summed E-state index contributed by atoms with van der Waals surface area (Å²) >= 11 is 6.06. The smallest absolute Gasteiger partial charge is 0.0408 e. The third-order valence-electron chi connectivity index (χ3n) is 4.26. The second-order valence-electron chi connectivity index (χ2n) is 5.76. The Morgan fingerprint density at radius 2 is 2.22 bits per heavy atom. The lowest BCUT2D eigenvalue weighted by Crippen LogP contribution is -2.37. The zero-order chi connectivity index (χ0) is 13.0. The standard InChI is InChI=1S/C16H24ClN/c1-12-5-3-7-14(9-12)16(18-2)11-13-6-4-8-15(17)10-13/h4,6,8,10,12,14,16,18H,3,5,7,9,11H2,1-2H3. The van der Waals surface area contributed by atoms with Gasteiger partial charge in [0.1, 0.15) is 0 Å². The Labute approximate surface area is 116 Å². The molecule has 1 nitrogen and oxygen atoms in total. The van der Waals surface area contributed by atoms with Crippen LogP contribution < -0.4 is 5.32 Å². The highest BCUT2D eigenvalue weighted by molar-refractivity contribution is 6.30. The monoisotopic (exact) mass is 265 g/mol. The SMILES string of the molecule is CNC(Cc1cccc(Cl)c1)C1CCCC(C)C1. The fourth-order valence-electron chi connectivity index (χ4n) is 3.27. The van der Waals surface area contributed by atoms with E-state index >= 15 is 0 Å². The average Bonchev–Trinajstić information content (AvgIpc) is 2.36. The molecule has 100 valence electrons. The number of hydrogen-bond donors (Lipinski definition) is 1. The molecule has 1 aromatic carbocycles. The first kappa shape index (κ1) is 13.9. The third-order valence-corrected chi connectivity index (χ3v) is 4.50. The van der Waals surface area contributed by atoms with E-state index in [1.54, 1.807) is 0 Å². The maximum Gasteiger partial charge on any atom is 0.0408 e. The van der Waals surface area contributed by atoms with Crippen LogP contribution in [0.3, 0.4) is 0 Å². The van der Waals surface area contributed by atoms with Crippen molar-refractivity contribution in [2.24, 2.45) is 11.8 Å². The average molecular weight is 266 g/mol. The van der Waals surface area contributed by atoms with Gasteiger partial charge in [-0.15, -0.1) is 0 Å². The van der Waals surface area contributed by atoms with Crippen molar-refractivity contribution in [3.8, 4) is 0 Å². The number of benzene rings is 1. The van der Waals surface area contributed by atoms with Crippen LogP contribution in [-0.2, 0) is 6.42 Å². The number of hydrogen-bond acceptors (Lipinski definition) is 1. The Balaban J connectivity index is 2.00. The van der Waals surface area contributed by atoms with E-state index in [-0.39, 0.29) is 0 Å². The molecule has 0 saturated heterocycles. The predicted molar refractivity (Wildman–Crippen MR) is 79.1 cm³/mol. The molecule has 2 rings (SSSR count). The van der Waals surface area contributed by atoms with Gasteiger partial charge in [0.2, 0.25) is 0 Å². The number of rotatable bonds is 4. The van der Waals surface area contributed by atoms with Gasteiger partial charge in [-0.2, -0.15) is 0 Å². The van der Waals surface area contributed by atoms with Gasteiger partial charge in [-0.3, -0.25) is 0 Å². The first-order valence-corrected chi connectivity index (χ1v) is 7.48. The Morgan fingerprint density at radius 3 is 2.89 bits per heavy atom. The van der Waals surface area contributed by atoms with Gasteiger partial charge in [0, 0.05) is 11.1 Å². The summed E-state index contributed by atoms with van der Waals surface area (Å²) in [6, 6.07) is 8.86. The fraction of sp³-hybridized carbons (Fsp3) is 0.625. The first-order chi connectivity index (χ1) is 8.69. The van der Waals surface area contributed by atoms with E-state index in [2.05, 4.69) is 31.4 Å². The molecule has 0 bridgehead atoms. The molecule has 18 heavy (non-hydrogen) atoms. The Bertz CT molecular complexity index is 377. The molecule has 1 aliphatic rings. The molecular formula is C16H24ClN. The van der Waals surface area contributed by atoms with Crippen LogP contribution >= 0.6 is 11.6 Å². The Morgan fingerprint density at radius 1 is 1.39 bits per heavy atom. The van der Waals surface area contributed by atoms with Gasteiger partial charge in [-0.1, -0.05) is 43.5 Å². The van der Waals surface area contributed by atoms with E-state index in [4.69, 9.17) is 11.6 Å². The van der Waals surface area contributed by atoms with Crippen LogP contribution in [0, 0.1) is 11.8 Å². The lowest BCUT2D eigenvalue weighted by molar-refractivity contribution is 0.227.